The molecule has 1 amide bonds. The Kier molecular flexibility index (Phi) is 5.77. The van der Waals surface area contributed by atoms with Crippen molar-refractivity contribution in [1.29, 1.82) is 0 Å². The lowest BCUT2D eigenvalue weighted by atomic mass is 9.95. The van der Waals surface area contributed by atoms with Gasteiger partial charge in [0.25, 0.3) is 0 Å². The highest BCUT2D eigenvalue weighted by atomic mass is 16.1. The van der Waals surface area contributed by atoms with Gasteiger partial charge < -0.3 is 16.0 Å². The number of carbonyl (C=O) groups excluding carboxylic acids is 1. The highest BCUT2D eigenvalue weighted by Crippen LogP contribution is 2.16. The number of amides is 1. The molecule has 0 aliphatic carbocycles. The number of nitrogens with one attached hydrogen (secondary N) is 1. The Balaban J connectivity index is 2.39. The predicted molar refractivity (Wildman–Crippen MR) is 79.0 cm³/mol. The third-order valence-electron chi connectivity index (χ3n) is 4.68. The Morgan fingerprint density at radius 3 is 2.32 bits per heavy atom. The summed E-state index contributed by atoms with van der Waals surface area (Å²) in [7, 11) is 3.99. The summed E-state index contributed by atoms with van der Waals surface area (Å²) in [4.78, 5) is 16.3. The van der Waals surface area contributed by atoms with Crippen LogP contribution in [0.25, 0.3) is 0 Å². The first-order valence-corrected chi connectivity index (χ1v) is 7.23. The molecule has 3 N–H and O–H groups in total. The van der Waals surface area contributed by atoms with E-state index in [0.29, 0.717) is 12.1 Å². The first kappa shape index (κ1) is 16.4. The number of carbonyl (C=O) groups is 1. The van der Waals surface area contributed by atoms with Crippen LogP contribution in [0.5, 0.6) is 0 Å². The van der Waals surface area contributed by atoms with Crippen LogP contribution in [0.1, 0.15) is 33.6 Å². The maximum Gasteiger partial charge on any atom is 0.237 e. The average Bonchev–Trinajstić information content (AvgIpc) is 2.35. The number of piperazine rings is 1. The van der Waals surface area contributed by atoms with E-state index >= 15 is 0 Å². The normalized spacial score (nSPS) is 29.1. The molecule has 0 bridgehead atoms. The molecule has 5 heteroatoms. The quantitative estimate of drug-likeness (QED) is 0.726. The smallest absolute Gasteiger partial charge is 0.237 e. The van der Waals surface area contributed by atoms with Crippen molar-refractivity contribution in [2.75, 3.05) is 33.7 Å². The van der Waals surface area contributed by atoms with Crippen LogP contribution in [0, 0.1) is 0 Å². The van der Waals surface area contributed by atoms with E-state index in [-0.39, 0.29) is 5.91 Å². The monoisotopic (exact) mass is 270 g/mol. The molecule has 0 spiro atoms. The van der Waals surface area contributed by atoms with Gasteiger partial charge in [-0.1, -0.05) is 0 Å². The van der Waals surface area contributed by atoms with Crippen molar-refractivity contribution >= 4 is 5.91 Å². The minimum absolute atomic E-state index is 0.268. The topological polar surface area (TPSA) is 61.6 Å². The number of primary amides is 1. The molecule has 112 valence electrons. The van der Waals surface area contributed by atoms with E-state index in [0.717, 1.165) is 32.5 Å². The van der Waals surface area contributed by atoms with Gasteiger partial charge >= 0.3 is 0 Å². The molecule has 3 atom stereocenters. The molecular weight excluding hydrogens is 240 g/mol. The predicted octanol–water partition coefficient (Wildman–Crippen LogP) is 0.254. The summed E-state index contributed by atoms with van der Waals surface area (Å²) in [5.74, 6) is -0.268. The number of nitrogens with zero attached hydrogens (tertiary/aromatic N) is 2. The summed E-state index contributed by atoms with van der Waals surface area (Å²) in [5.41, 5.74) is 4.86. The summed E-state index contributed by atoms with van der Waals surface area (Å²) in [6.45, 7) is 9.66. The van der Waals surface area contributed by atoms with E-state index < -0.39 is 5.54 Å². The van der Waals surface area contributed by atoms with E-state index in [1.807, 2.05) is 6.92 Å². The van der Waals surface area contributed by atoms with E-state index in [2.05, 4.69) is 36.0 Å². The fourth-order valence-corrected chi connectivity index (χ4v) is 2.72. The molecule has 1 saturated heterocycles. The van der Waals surface area contributed by atoms with Crippen molar-refractivity contribution in [2.45, 2.75) is 51.2 Å². The molecule has 1 aliphatic rings. The van der Waals surface area contributed by atoms with Gasteiger partial charge in [-0.05, 0) is 54.3 Å². The molecule has 1 heterocycles. The molecule has 0 aromatic heterocycles. The zero-order chi connectivity index (χ0) is 14.6. The van der Waals surface area contributed by atoms with Gasteiger partial charge in [0, 0.05) is 25.2 Å². The summed E-state index contributed by atoms with van der Waals surface area (Å²) >= 11 is 0. The van der Waals surface area contributed by atoms with Crippen molar-refractivity contribution in [3.63, 3.8) is 0 Å². The standard InChI is InChI=1S/C14H30N4O/c1-11-9-18(10-12(2)17(11)5)8-6-7-14(3,16-4)13(15)19/h11-12,16H,6-10H2,1-5H3,(H2,15,19). The number of rotatable bonds is 6. The minimum atomic E-state index is -0.580. The highest BCUT2D eigenvalue weighted by molar-refractivity contribution is 5.84. The van der Waals surface area contributed by atoms with E-state index in [4.69, 9.17) is 5.73 Å². The second kappa shape index (κ2) is 6.68. The summed E-state index contributed by atoms with van der Waals surface area (Å²) < 4.78 is 0. The summed E-state index contributed by atoms with van der Waals surface area (Å²) in [6, 6.07) is 1.19. The largest absolute Gasteiger partial charge is 0.368 e. The zero-order valence-corrected chi connectivity index (χ0v) is 13.1. The van der Waals surface area contributed by atoms with Gasteiger partial charge in [0.2, 0.25) is 5.91 Å². The Labute approximate surface area is 117 Å². The Hall–Kier alpha value is -0.650. The zero-order valence-electron chi connectivity index (χ0n) is 13.1. The van der Waals surface area contributed by atoms with Crippen LogP contribution < -0.4 is 11.1 Å². The maximum absolute atomic E-state index is 11.4. The SMILES string of the molecule is CNC(C)(CCCN1CC(C)N(C)C(C)C1)C(N)=O. The van der Waals surface area contributed by atoms with Crippen LogP contribution in [-0.4, -0.2) is 67.1 Å². The van der Waals surface area contributed by atoms with E-state index in [9.17, 15) is 4.79 Å². The Bertz CT molecular complexity index is 298. The number of hydrogen-bond donors (Lipinski definition) is 2. The lowest BCUT2D eigenvalue weighted by molar-refractivity contribution is -0.123. The second-order valence-electron chi connectivity index (χ2n) is 6.17. The van der Waals surface area contributed by atoms with Crippen LogP contribution >= 0.6 is 0 Å². The van der Waals surface area contributed by atoms with Crippen LogP contribution in [0.2, 0.25) is 0 Å². The van der Waals surface area contributed by atoms with Crippen LogP contribution in [-0.2, 0) is 4.79 Å². The molecule has 0 saturated carbocycles. The molecule has 1 rings (SSSR count). The van der Waals surface area contributed by atoms with Crippen molar-refractivity contribution in [3.8, 4) is 0 Å². The van der Waals surface area contributed by atoms with Gasteiger partial charge in [-0.25, -0.2) is 0 Å². The Morgan fingerprint density at radius 2 is 1.89 bits per heavy atom. The van der Waals surface area contributed by atoms with Crippen molar-refractivity contribution in [1.82, 2.24) is 15.1 Å². The molecule has 5 nitrogen and oxygen atoms in total. The molecule has 0 aromatic rings. The number of likely N-dealkylation sites (N-methyl/N-ethyl adjacent to an activating group) is 2. The first-order valence-electron chi connectivity index (χ1n) is 7.23. The molecular formula is C14H30N4O. The summed E-state index contributed by atoms with van der Waals surface area (Å²) in [5, 5.41) is 3.04. The number of nitrogens with two attached hydrogens (primary N) is 1. The lowest BCUT2D eigenvalue weighted by Gasteiger charge is -2.42. The van der Waals surface area contributed by atoms with Gasteiger partial charge in [0.05, 0.1) is 5.54 Å². The third-order valence-corrected chi connectivity index (χ3v) is 4.68. The second-order valence-corrected chi connectivity index (χ2v) is 6.17. The summed E-state index contributed by atoms with van der Waals surface area (Å²) in [6.07, 6.45) is 1.78. The third kappa shape index (κ3) is 4.16. The van der Waals surface area contributed by atoms with Crippen LogP contribution in [0.3, 0.4) is 0 Å². The van der Waals surface area contributed by atoms with E-state index in [1.54, 1.807) is 7.05 Å². The number of hydrogen-bond acceptors (Lipinski definition) is 4. The van der Waals surface area contributed by atoms with Crippen molar-refractivity contribution in [3.05, 3.63) is 0 Å². The van der Waals surface area contributed by atoms with E-state index in [1.165, 1.54) is 0 Å². The van der Waals surface area contributed by atoms with Gasteiger partial charge in [0.15, 0.2) is 0 Å². The molecule has 3 unspecified atom stereocenters. The average molecular weight is 270 g/mol. The van der Waals surface area contributed by atoms with Crippen molar-refractivity contribution < 1.29 is 4.79 Å². The fourth-order valence-electron chi connectivity index (χ4n) is 2.72. The van der Waals surface area contributed by atoms with Crippen molar-refractivity contribution in [2.24, 2.45) is 5.73 Å². The van der Waals surface area contributed by atoms with Gasteiger partial charge in [-0.15, -0.1) is 0 Å². The lowest BCUT2D eigenvalue weighted by Crippen LogP contribution is -2.55. The highest BCUT2D eigenvalue weighted by Gasteiger charge is 2.30. The molecule has 19 heavy (non-hydrogen) atoms. The maximum atomic E-state index is 11.4. The van der Waals surface area contributed by atoms with Gasteiger partial charge in [-0.2, -0.15) is 0 Å². The molecule has 1 aliphatic heterocycles. The molecule has 0 radical (unpaired) electrons. The molecule has 1 fully saturated rings. The van der Waals surface area contributed by atoms with Gasteiger partial charge in [0.1, 0.15) is 0 Å². The first-order chi connectivity index (χ1) is 8.80. The van der Waals surface area contributed by atoms with Crippen LogP contribution in [0.15, 0.2) is 0 Å². The van der Waals surface area contributed by atoms with Gasteiger partial charge in [-0.3, -0.25) is 9.69 Å². The Morgan fingerprint density at radius 1 is 1.37 bits per heavy atom. The minimum Gasteiger partial charge on any atom is -0.368 e. The van der Waals surface area contributed by atoms with Crippen LogP contribution in [0.4, 0.5) is 0 Å². The molecule has 0 aromatic carbocycles. The fraction of sp³-hybridized carbons (Fsp3) is 0.929.